The molecule has 0 fully saturated rings. The van der Waals surface area contributed by atoms with Crippen molar-refractivity contribution < 1.29 is 33.3 Å². The fourth-order valence-corrected chi connectivity index (χ4v) is 5.18. The van der Waals surface area contributed by atoms with Crippen molar-refractivity contribution in [3.63, 3.8) is 0 Å². The van der Waals surface area contributed by atoms with Gasteiger partial charge in [0.25, 0.3) is 5.91 Å². The predicted octanol–water partition coefficient (Wildman–Crippen LogP) is 5.08. The molecule has 14 nitrogen and oxygen atoms in total. The second-order valence-corrected chi connectivity index (χ2v) is 12.7. The third-order valence-corrected chi connectivity index (χ3v) is 8.58. The maximum Gasteiger partial charge on any atom is 0.306 e. The predicted molar refractivity (Wildman–Crippen MR) is 192 cm³/mol. The molecule has 0 aliphatic heterocycles. The average Bonchev–Trinajstić information content (AvgIpc) is 3.13. The van der Waals surface area contributed by atoms with Crippen LogP contribution in [0.5, 0.6) is 17.2 Å². The van der Waals surface area contributed by atoms with E-state index in [1.165, 1.54) is 6.20 Å². The first-order chi connectivity index (χ1) is 24.4. The highest BCUT2D eigenvalue weighted by Crippen LogP contribution is 2.31. The molecule has 2 aromatic carbocycles. The van der Waals surface area contributed by atoms with E-state index in [1.54, 1.807) is 34.1 Å². The highest BCUT2D eigenvalue weighted by molar-refractivity contribution is 6.38. The van der Waals surface area contributed by atoms with Gasteiger partial charge < -0.3 is 35.7 Å². The number of hydrogen-bond acceptors (Lipinski definition) is 13. The van der Waals surface area contributed by atoms with E-state index in [4.69, 9.17) is 30.4 Å². The molecule has 4 rings (SSSR count). The smallest absolute Gasteiger partial charge is 0.306 e. The Balaban J connectivity index is 1.39. The largest absolute Gasteiger partial charge is 0.493 e. The quantitative estimate of drug-likeness (QED) is 0.0664. The first-order valence-corrected chi connectivity index (χ1v) is 16.9. The van der Waals surface area contributed by atoms with E-state index in [2.05, 4.69) is 25.3 Å². The molecule has 0 aliphatic carbocycles. The molecule has 14 heteroatoms. The van der Waals surface area contributed by atoms with Gasteiger partial charge in [-0.05, 0) is 67.5 Å². The van der Waals surface area contributed by atoms with Gasteiger partial charge in [0.1, 0.15) is 18.5 Å². The number of rotatable bonds is 19. The van der Waals surface area contributed by atoms with Gasteiger partial charge in [0, 0.05) is 18.4 Å². The molecule has 5 N–H and O–H groups in total. The van der Waals surface area contributed by atoms with Crippen LogP contribution in [0.4, 0.5) is 11.8 Å². The number of Topliss-reactive ketones (excluding diaryl/α,β-unsaturated/α-hetero) is 1. The SMILES string of the molecule is CCC(C)(C)C(=O)C(=O)NCCCCCC(=O)O[C@H](CCc1ccc(OC)c(OC)c1)c1cccc(OCc2cnc3nc(N)nc(N)c3n2)c1. The van der Waals surface area contributed by atoms with Crippen molar-refractivity contribution in [2.24, 2.45) is 5.41 Å². The molecule has 1 amide bonds. The number of anilines is 2. The Hall–Kier alpha value is -5.53. The molecule has 0 saturated heterocycles. The number of fused-ring (bicyclic) bond motifs is 1. The van der Waals surface area contributed by atoms with Crippen LogP contribution in [-0.4, -0.2) is 58.4 Å². The molecular formula is C37H47N7O7. The number of carbonyl (C=O) groups is 3. The number of nitrogen functional groups attached to an aromatic ring is 2. The lowest BCUT2D eigenvalue weighted by Crippen LogP contribution is -2.39. The summed E-state index contributed by atoms with van der Waals surface area (Å²) < 4.78 is 22.9. The van der Waals surface area contributed by atoms with Gasteiger partial charge in [-0.15, -0.1) is 0 Å². The summed E-state index contributed by atoms with van der Waals surface area (Å²) in [4.78, 5) is 54.4. The molecule has 0 bridgehead atoms. The van der Waals surface area contributed by atoms with Crippen LogP contribution in [0.2, 0.25) is 0 Å². The van der Waals surface area contributed by atoms with Crippen LogP contribution in [0.3, 0.4) is 0 Å². The Labute approximate surface area is 297 Å². The zero-order valence-corrected chi connectivity index (χ0v) is 29.9. The fourth-order valence-electron chi connectivity index (χ4n) is 5.18. The number of nitrogens with zero attached hydrogens (tertiary/aromatic N) is 4. The van der Waals surface area contributed by atoms with Gasteiger partial charge in [0.2, 0.25) is 11.7 Å². The minimum atomic E-state index is -0.692. The van der Waals surface area contributed by atoms with E-state index in [-0.39, 0.29) is 30.8 Å². The Morgan fingerprint density at radius 3 is 2.47 bits per heavy atom. The van der Waals surface area contributed by atoms with E-state index in [9.17, 15) is 14.4 Å². The van der Waals surface area contributed by atoms with Crippen molar-refractivity contribution in [1.29, 1.82) is 0 Å². The van der Waals surface area contributed by atoms with Crippen molar-refractivity contribution in [2.45, 2.75) is 78.4 Å². The number of aryl methyl sites for hydroxylation is 1. The molecule has 2 heterocycles. The van der Waals surface area contributed by atoms with Gasteiger partial charge in [0.05, 0.1) is 26.1 Å². The van der Waals surface area contributed by atoms with Gasteiger partial charge in [-0.2, -0.15) is 9.97 Å². The summed E-state index contributed by atoms with van der Waals surface area (Å²) in [5.41, 5.74) is 13.8. The van der Waals surface area contributed by atoms with Crippen LogP contribution in [0.25, 0.3) is 11.2 Å². The van der Waals surface area contributed by atoms with Crippen molar-refractivity contribution in [3.8, 4) is 17.2 Å². The maximum absolute atomic E-state index is 13.1. The van der Waals surface area contributed by atoms with Gasteiger partial charge >= 0.3 is 5.97 Å². The molecular weight excluding hydrogens is 654 g/mol. The zero-order chi connectivity index (χ0) is 37.0. The standard InChI is InChI=1S/C37H47N7O7/c1-6-37(2,3)32(46)35(47)40-18-9-7-8-13-30(45)51-27(16-14-23-15-17-28(48-4)29(19-23)49-5)24-11-10-12-26(20-24)50-22-25-21-41-34-31(42-25)33(38)43-36(39)44-34/h10-12,15,17,19-21,27H,6-9,13-14,16,18,22H2,1-5H3,(H,40,47)(H4,38,39,41,43,44)/t27-/m1/s1. The number of ether oxygens (including phenoxy) is 4. The third-order valence-electron chi connectivity index (χ3n) is 8.58. The topological polar surface area (TPSA) is 204 Å². The van der Waals surface area contributed by atoms with Gasteiger partial charge in [0.15, 0.2) is 28.5 Å². The second-order valence-electron chi connectivity index (χ2n) is 12.7. The third kappa shape index (κ3) is 10.7. The van der Waals surface area contributed by atoms with E-state index in [0.29, 0.717) is 79.2 Å². The molecule has 0 radical (unpaired) electrons. The highest BCUT2D eigenvalue weighted by Gasteiger charge is 2.30. The highest BCUT2D eigenvalue weighted by atomic mass is 16.5. The van der Waals surface area contributed by atoms with Crippen LogP contribution in [-0.2, 0) is 32.1 Å². The Morgan fingerprint density at radius 1 is 0.941 bits per heavy atom. The van der Waals surface area contributed by atoms with E-state index >= 15 is 0 Å². The number of carbonyl (C=O) groups excluding carboxylic acids is 3. The summed E-state index contributed by atoms with van der Waals surface area (Å²) in [6.07, 6.45) is 4.74. The molecule has 0 unspecified atom stereocenters. The van der Waals surface area contributed by atoms with Crippen LogP contribution in [0, 0.1) is 5.41 Å². The number of aromatic nitrogens is 4. The number of benzene rings is 2. The minimum Gasteiger partial charge on any atom is -0.493 e. The molecule has 0 saturated carbocycles. The van der Waals surface area contributed by atoms with Crippen LogP contribution < -0.4 is 31.0 Å². The average molecular weight is 702 g/mol. The van der Waals surface area contributed by atoms with Crippen LogP contribution in [0.15, 0.2) is 48.7 Å². The number of nitrogens with two attached hydrogens (primary N) is 2. The number of ketones is 1. The molecule has 51 heavy (non-hydrogen) atoms. The van der Waals surface area contributed by atoms with Crippen molar-refractivity contribution >= 4 is 40.6 Å². The summed E-state index contributed by atoms with van der Waals surface area (Å²) >= 11 is 0. The van der Waals surface area contributed by atoms with Crippen molar-refractivity contribution in [2.75, 3.05) is 32.2 Å². The van der Waals surface area contributed by atoms with Crippen LogP contribution in [0.1, 0.15) is 82.2 Å². The van der Waals surface area contributed by atoms with Crippen molar-refractivity contribution in [1.82, 2.24) is 25.3 Å². The summed E-state index contributed by atoms with van der Waals surface area (Å²) in [7, 11) is 3.17. The summed E-state index contributed by atoms with van der Waals surface area (Å²) in [5, 5.41) is 2.69. The van der Waals surface area contributed by atoms with E-state index in [0.717, 1.165) is 11.1 Å². The van der Waals surface area contributed by atoms with E-state index in [1.807, 2.05) is 43.3 Å². The minimum absolute atomic E-state index is 0.0163. The van der Waals surface area contributed by atoms with E-state index < -0.39 is 23.2 Å². The first kappa shape index (κ1) is 38.3. The second kappa shape index (κ2) is 17.9. The summed E-state index contributed by atoms with van der Waals surface area (Å²) in [6, 6.07) is 13.1. The lowest BCUT2D eigenvalue weighted by atomic mass is 9.85. The number of esters is 1. The number of unbranched alkanes of at least 4 members (excludes halogenated alkanes) is 2. The Kier molecular flexibility index (Phi) is 13.5. The lowest BCUT2D eigenvalue weighted by Gasteiger charge is -2.20. The van der Waals surface area contributed by atoms with Gasteiger partial charge in [-0.25, -0.2) is 9.97 Å². The Morgan fingerprint density at radius 2 is 1.73 bits per heavy atom. The normalized spacial score (nSPS) is 11.9. The monoisotopic (exact) mass is 701 g/mol. The molecule has 4 aromatic rings. The maximum atomic E-state index is 13.1. The molecule has 0 aliphatic rings. The number of methoxy groups -OCH3 is 2. The summed E-state index contributed by atoms with van der Waals surface area (Å²) in [5.74, 6) is 0.601. The number of amides is 1. The number of hydrogen-bond donors (Lipinski definition) is 3. The number of nitrogens with one attached hydrogen (secondary N) is 1. The molecule has 0 spiro atoms. The fraction of sp³-hybridized carbons (Fsp3) is 0.432. The molecule has 272 valence electrons. The van der Waals surface area contributed by atoms with Crippen molar-refractivity contribution in [3.05, 3.63) is 65.5 Å². The first-order valence-electron chi connectivity index (χ1n) is 16.9. The van der Waals surface area contributed by atoms with Gasteiger partial charge in [-0.1, -0.05) is 45.4 Å². The summed E-state index contributed by atoms with van der Waals surface area (Å²) in [6.45, 7) is 5.86. The van der Waals surface area contributed by atoms with Crippen LogP contribution >= 0.6 is 0 Å². The van der Waals surface area contributed by atoms with Gasteiger partial charge in [-0.3, -0.25) is 14.4 Å². The zero-order valence-electron chi connectivity index (χ0n) is 29.9. The lowest BCUT2D eigenvalue weighted by molar-refractivity contribution is -0.150. The molecule has 2 aromatic heterocycles. The Bertz CT molecular complexity index is 1830. The molecule has 1 atom stereocenters.